The zero-order valence-electron chi connectivity index (χ0n) is 10.3. The number of aromatic nitrogens is 2. The van der Waals surface area contributed by atoms with E-state index < -0.39 is 0 Å². The largest absolute Gasteiger partial charge is 0.319 e. The first-order valence-corrected chi connectivity index (χ1v) is 7.76. The van der Waals surface area contributed by atoms with E-state index in [0.29, 0.717) is 10.9 Å². The van der Waals surface area contributed by atoms with E-state index in [1.165, 1.54) is 4.88 Å². The fraction of sp³-hybridized carbons (Fsp3) is 0.214. The maximum atomic E-state index is 6.21. The van der Waals surface area contributed by atoms with Gasteiger partial charge >= 0.3 is 0 Å². The van der Waals surface area contributed by atoms with Gasteiger partial charge in [0.1, 0.15) is 11.3 Å². The molecule has 0 aliphatic rings. The third kappa shape index (κ3) is 2.16. The topological polar surface area (TPSA) is 17.8 Å². The van der Waals surface area contributed by atoms with Gasteiger partial charge in [0.2, 0.25) is 0 Å². The number of hydrogen-bond donors (Lipinski definition) is 0. The third-order valence-electron chi connectivity index (χ3n) is 3.21. The summed E-state index contributed by atoms with van der Waals surface area (Å²) in [5.74, 6) is 1.23. The number of imidazole rings is 1. The molecule has 2 aromatic heterocycles. The summed E-state index contributed by atoms with van der Waals surface area (Å²) in [4.78, 5) is 5.85. The highest BCUT2D eigenvalue weighted by molar-refractivity contribution is 7.10. The summed E-state index contributed by atoms with van der Waals surface area (Å²) < 4.78 is 2.17. The zero-order valence-corrected chi connectivity index (χ0v) is 12.6. The summed E-state index contributed by atoms with van der Waals surface area (Å²) in [5, 5.41) is 2.75. The van der Waals surface area contributed by atoms with E-state index in [2.05, 4.69) is 34.0 Å². The zero-order chi connectivity index (χ0) is 13.4. The smallest absolute Gasteiger partial charge is 0.125 e. The molecule has 2 heterocycles. The molecule has 0 aliphatic carbocycles. The van der Waals surface area contributed by atoms with E-state index in [-0.39, 0.29) is 6.04 Å². The molecule has 0 spiro atoms. The van der Waals surface area contributed by atoms with Gasteiger partial charge in [-0.15, -0.1) is 22.9 Å². The van der Waals surface area contributed by atoms with Crippen molar-refractivity contribution in [1.82, 2.24) is 9.55 Å². The van der Waals surface area contributed by atoms with Gasteiger partial charge in [0.15, 0.2) is 0 Å². The Hall–Kier alpha value is -1.03. The summed E-state index contributed by atoms with van der Waals surface area (Å²) in [6.07, 6.45) is 0. The molecule has 0 radical (unpaired) electrons. The van der Waals surface area contributed by atoms with Gasteiger partial charge in [0.05, 0.1) is 22.5 Å². The molecule has 19 heavy (non-hydrogen) atoms. The molecule has 1 unspecified atom stereocenters. The maximum absolute atomic E-state index is 6.21. The van der Waals surface area contributed by atoms with Crippen molar-refractivity contribution in [3.8, 4) is 0 Å². The van der Waals surface area contributed by atoms with E-state index in [1.807, 2.05) is 18.2 Å². The number of benzene rings is 1. The number of rotatable bonds is 3. The summed E-state index contributed by atoms with van der Waals surface area (Å²) >= 11 is 14.0. The van der Waals surface area contributed by atoms with Crippen LogP contribution < -0.4 is 0 Å². The summed E-state index contributed by atoms with van der Waals surface area (Å²) in [6, 6.07) is 10.2. The predicted molar refractivity (Wildman–Crippen MR) is 82.4 cm³/mol. The fourth-order valence-corrected chi connectivity index (χ4v) is 3.49. The van der Waals surface area contributed by atoms with Gasteiger partial charge in [-0.2, -0.15) is 0 Å². The Kier molecular flexibility index (Phi) is 3.52. The molecule has 2 nitrogen and oxygen atoms in total. The van der Waals surface area contributed by atoms with Gasteiger partial charge in [-0.25, -0.2) is 4.98 Å². The number of para-hydroxylation sites is 1. The first kappa shape index (κ1) is 13.0. The van der Waals surface area contributed by atoms with E-state index in [9.17, 15) is 0 Å². The van der Waals surface area contributed by atoms with Crippen molar-refractivity contribution in [1.29, 1.82) is 0 Å². The van der Waals surface area contributed by atoms with Crippen LogP contribution in [0.25, 0.3) is 11.0 Å². The Morgan fingerprint density at radius 1 is 1.32 bits per heavy atom. The van der Waals surface area contributed by atoms with Crippen LogP contribution in [0.4, 0.5) is 0 Å². The Bertz CT molecular complexity index is 704. The first-order chi connectivity index (χ1) is 9.22. The van der Waals surface area contributed by atoms with Crippen molar-refractivity contribution in [2.24, 2.45) is 0 Å². The Morgan fingerprint density at radius 2 is 2.16 bits per heavy atom. The van der Waals surface area contributed by atoms with Crippen LogP contribution in [-0.4, -0.2) is 9.55 Å². The van der Waals surface area contributed by atoms with Crippen LogP contribution in [0.3, 0.4) is 0 Å². The van der Waals surface area contributed by atoms with E-state index in [1.54, 1.807) is 11.3 Å². The normalized spacial score (nSPS) is 13.0. The van der Waals surface area contributed by atoms with Gasteiger partial charge in [0, 0.05) is 4.88 Å². The van der Waals surface area contributed by atoms with Crippen LogP contribution in [0.1, 0.15) is 23.7 Å². The van der Waals surface area contributed by atoms with Crippen molar-refractivity contribution in [2.45, 2.75) is 18.8 Å². The summed E-state index contributed by atoms with van der Waals surface area (Å²) in [5.41, 5.74) is 1.85. The highest BCUT2D eigenvalue weighted by Gasteiger charge is 2.18. The fourth-order valence-electron chi connectivity index (χ4n) is 2.31. The molecule has 0 N–H and O–H groups in total. The second kappa shape index (κ2) is 5.16. The molecule has 5 heteroatoms. The highest BCUT2D eigenvalue weighted by atomic mass is 35.5. The Labute approximate surface area is 125 Å². The molecular formula is C14H12Cl2N2S. The van der Waals surface area contributed by atoms with Crippen LogP contribution >= 0.6 is 34.5 Å². The minimum atomic E-state index is 0.206. The van der Waals surface area contributed by atoms with Crippen molar-refractivity contribution in [3.63, 3.8) is 0 Å². The molecule has 0 saturated carbocycles. The van der Waals surface area contributed by atoms with E-state index in [4.69, 9.17) is 23.2 Å². The van der Waals surface area contributed by atoms with E-state index >= 15 is 0 Å². The van der Waals surface area contributed by atoms with Crippen LogP contribution in [0, 0.1) is 0 Å². The third-order valence-corrected chi connectivity index (χ3v) is 4.79. The van der Waals surface area contributed by atoms with E-state index in [0.717, 1.165) is 16.9 Å². The quantitative estimate of drug-likeness (QED) is 0.615. The number of alkyl halides is 1. The molecule has 1 atom stereocenters. The lowest BCUT2D eigenvalue weighted by molar-refractivity contribution is 0.644. The van der Waals surface area contributed by atoms with Crippen LogP contribution in [0.5, 0.6) is 0 Å². The van der Waals surface area contributed by atoms with Crippen molar-refractivity contribution < 1.29 is 0 Å². The lowest BCUT2D eigenvalue weighted by Gasteiger charge is -2.15. The summed E-state index contributed by atoms with van der Waals surface area (Å²) in [6.45, 7) is 2.16. The van der Waals surface area contributed by atoms with Gasteiger partial charge in [-0.05, 0) is 30.5 Å². The van der Waals surface area contributed by atoms with Crippen LogP contribution in [-0.2, 0) is 5.88 Å². The average Bonchev–Trinajstić information content (AvgIpc) is 3.05. The molecule has 3 rings (SSSR count). The molecule has 0 saturated heterocycles. The maximum Gasteiger partial charge on any atom is 0.125 e. The van der Waals surface area contributed by atoms with Gasteiger partial charge in [0.25, 0.3) is 0 Å². The molecule has 0 aliphatic heterocycles. The molecule has 0 bridgehead atoms. The number of fused-ring (bicyclic) bond motifs is 1. The van der Waals surface area contributed by atoms with Gasteiger partial charge in [-0.3, -0.25) is 0 Å². The molecule has 1 aromatic carbocycles. The molecule has 0 fully saturated rings. The summed E-state index contributed by atoms with van der Waals surface area (Å²) in [7, 11) is 0. The SMILES string of the molecule is CC(c1cccs1)n1c(CCl)nc2c(Cl)cccc21. The van der Waals surface area contributed by atoms with Gasteiger partial charge < -0.3 is 4.57 Å². The molecule has 98 valence electrons. The molecule has 3 aromatic rings. The monoisotopic (exact) mass is 310 g/mol. The molecule has 0 amide bonds. The van der Waals surface area contributed by atoms with Gasteiger partial charge in [-0.1, -0.05) is 23.7 Å². The van der Waals surface area contributed by atoms with Crippen molar-refractivity contribution in [3.05, 3.63) is 51.4 Å². The van der Waals surface area contributed by atoms with Crippen LogP contribution in [0.15, 0.2) is 35.7 Å². The second-order valence-corrected chi connectivity index (χ2v) is 5.98. The minimum Gasteiger partial charge on any atom is -0.319 e. The average molecular weight is 311 g/mol. The van der Waals surface area contributed by atoms with Crippen molar-refractivity contribution in [2.75, 3.05) is 0 Å². The number of hydrogen-bond acceptors (Lipinski definition) is 2. The van der Waals surface area contributed by atoms with Crippen molar-refractivity contribution >= 4 is 45.6 Å². The first-order valence-electron chi connectivity index (χ1n) is 5.97. The number of thiophene rings is 1. The Morgan fingerprint density at radius 3 is 2.84 bits per heavy atom. The predicted octanol–water partition coefficient (Wildman–Crippen LogP) is 5.10. The standard InChI is InChI=1S/C14H12Cl2N2S/c1-9(12-6-3-7-19-12)18-11-5-2-4-10(16)14(11)17-13(18)8-15/h2-7,9H,8H2,1H3. The second-order valence-electron chi connectivity index (χ2n) is 4.33. The lowest BCUT2D eigenvalue weighted by Crippen LogP contribution is -2.08. The van der Waals surface area contributed by atoms with Crippen LogP contribution in [0.2, 0.25) is 5.02 Å². The minimum absolute atomic E-state index is 0.206. The number of halogens is 2. The highest BCUT2D eigenvalue weighted by Crippen LogP contribution is 2.31. The lowest BCUT2D eigenvalue weighted by atomic mass is 10.2. The Balaban J connectivity index is 2.24. The number of nitrogens with zero attached hydrogens (tertiary/aromatic N) is 2. The molecular weight excluding hydrogens is 299 g/mol.